The molecule has 0 aliphatic heterocycles. The van der Waals surface area contributed by atoms with E-state index in [2.05, 4.69) is 18.0 Å². The summed E-state index contributed by atoms with van der Waals surface area (Å²) in [6.45, 7) is 2.20. The topological polar surface area (TPSA) is 39.6 Å². The number of fused-ring (bicyclic) bond motifs is 1. The maximum atomic E-state index is 8.83. The molecule has 0 saturated carbocycles. The predicted octanol–water partition coefficient (Wildman–Crippen LogP) is 2.33. The third kappa shape index (κ3) is 0.937. The van der Waals surface area contributed by atoms with Crippen molar-refractivity contribution >= 4 is 0 Å². The summed E-state index contributed by atoms with van der Waals surface area (Å²) in [5, 5.41) is 8.83. The first-order valence-corrected chi connectivity index (χ1v) is 4.43. The van der Waals surface area contributed by atoms with Crippen LogP contribution in [0.25, 0.3) is 0 Å². The van der Waals surface area contributed by atoms with Gasteiger partial charge >= 0.3 is 0 Å². The number of rotatable bonds is 0. The Hall–Kier alpha value is -1.23. The lowest BCUT2D eigenvalue weighted by Gasteiger charge is -2.18. The van der Waals surface area contributed by atoms with Gasteiger partial charge in [0.1, 0.15) is 6.07 Å². The van der Waals surface area contributed by atoms with Gasteiger partial charge in [-0.3, -0.25) is 0 Å². The molecule has 62 valence electrons. The van der Waals surface area contributed by atoms with Crippen molar-refractivity contribution in [1.82, 2.24) is 4.98 Å². The van der Waals surface area contributed by atoms with Crippen molar-refractivity contribution in [2.45, 2.75) is 32.1 Å². The van der Waals surface area contributed by atoms with Gasteiger partial charge in [0.25, 0.3) is 0 Å². The SMILES string of the molecule is CC1CCCc2[nH]cc(C#N)c21. The molecule has 0 amide bonds. The van der Waals surface area contributed by atoms with E-state index < -0.39 is 0 Å². The molecule has 12 heavy (non-hydrogen) atoms. The molecule has 1 aromatic heterocycles. The van der Waals surface area contributed by atoms with Gasteiger partial charge < -0.3 is 4.98 Å². The summed E-state index contributed by atoms with van der Waals surface area (Å²) in [6, 6.07) is 2.23. The first-order valence-electron chi connectivity index (χ1n) is 4.43. The molecule has 1 unspecified atom stereocenters. The van der Waals surface area contributed by atoms with E-state index in [4.69, 9.17) is 5.26 Å². The summed E-state index contributed by atoms with van der Waals surface area (Å²) >= 11 is 0. The van der Waals surface area contributed by atoms with Crippen molar-refractivity contribution in [3.63, 3.8) is 0 Å². The normalized spacial score (nSPS) is 21.5. The van der Waals surface area contributed by atoms with Crippen LogP contribution in [-0.4, -0.2) is 4.98 Å². The van der Waals surface area contributed by atoms with Crippen LogP contribution in [0.1, 0.15) is 42.5 Å². The van der Waals surface area contributed by atoms with Gasteiger partial charge in [-0.2, -0.15) is 5.26 Å². The summed E-state index contributed by atoms with van der Waals surface area (Å²) in [4.78, 5) is 3.19. The molecule has 2 heteroatoms. The van der Waals surface area contributed by atoms with Gasteiger partial charge in [-0.15, -0.1) is 0 Å². The highest BCUT2D eigenvalue weighted by atomic mass is 14.7. The van der Waals surface area contributed by atoms with Crippen LogP contribution in [0.4, 0.5) is 0 Å². The Morgan fingerprint density at radius 1 is 1.67 bits per heavy atom. The van der Waals surface area contributed by atoms with Gasteiger partial charge in [-0.1, -0.05) is 6.92 Å². The van der Waals surface area contributed by atoms with E-state index in [0.717, 1.165) is 12.0 Å². The van der Waals surface area contributed by atoms with E-state index in [1.165, 1.54) is 24.1 Å². The number of hydrogen-bond donors (Lipinski definition) is 1. The number of aromatic amines is 1. The lowest BCUT2D eigenvalue weighted by Crippen LogP contribution is -2.06. The van der Waals surface area contributed by atoms with Crippen molar-refractivity contribution in [3.8, 4) is 6.07 Å². The number of H-pyrrole nitrogens is 1. The molecule has 0 radical (unpaired) electrons. The zero-order valence-electron chi connectivity index (χ0n) is 7.22. The fraction of sp³-hybridized carbons (Fsp3) is 0.500. The van der Waals surface area contributed by atoms with Crippen LogP contribution in [0.3, 0.4) is 0 Å². The first-order chi connectivity index (χ1) is 5.83. The second-order valence-corrected chi connectivity index (χ2v) is 3.50. The molecule has 2 nitrogen and oxygen atoms in total. The average Bonchev–Trinajstić information content (AvgIpc) is 2.49. The largest absolute Gasteiger partial charge is 0.364 e. The number of nitriles is 1. The molecule has 2 rings (SSSR count). The van der Waals surface area contributed by atoms with Crippen molar-refractivity contribution < 1.29 is 0 Å². The minimum atomic E-state index is 0.564. The Labute approximate surface area is 72.2 Å². The Balaban J connectivity index is 2.52. The van der Waals surface area contributed by atoms with Crippen LogP contribution >= 0.6 is 0 Å². The predicted molar refractivity (Wildman–Crippen MR) is 46.9 cm³/mol. The molecule has 1 aliphatic rings. The number of nitrogens with one attached hydrogen (secondary N) is 1. The number of aryl methyl sites for hydroxylation is 1. The molecule has 1 aliphatic carbocycles. The van der Waals surface area contributed by atoms with Crippen LogP contribution in [0, 0.1) is 11.3 Å². The second kappa shape index (κ2) is 2.67. The summed E-state index contributed by atoms with van der Waals surface area (Å²) in [5.41, 5.74) is 3.39. The Kier molecular flexibility index (Phi) is 1.65. The molecule has 0 bridgehead atoms. The quantitative estimate of drug-likeness (QED) is 0.621. The van der Waals surface area contributed by atoms with Gasteiger partial charge in [-0.25, -0.2) is 0 Å². The number of aromatic nitrogens is 1. The molecule has 0 aromatic carbocycles. The standard InChI is InChI=1S/C10H12N2/c1-7-3-2-4-9-10(7)8(5-11)6-12-9/h6-7,12H,2-4H2,1H3. The van der Waals surface area contributed by atoms with Gasteiger partial charge in [0, 0.05) is 11.9 Å². The smallest absolute Gasteiger partial charge is 0.101 e. The van der Waals surface area contributed by atoms with Crippen LogP contribution in [0.15, 0.2) is 6.20 Å². The highest BCUT2D eigenvalue weighted by Crippen LogP contribution is 2.32. The Morgan fingerprint density at radius 3 is 3.25 bits per heavy atom. The number of hydrogen-bond acceptors (Lipinski definition) is 1. The summed E-state index contributed by atoms with van der Waals surface area (Å²) < 4.78 is 0. The monoisotopic (exact) mass is 160 g/mol. The highest BCUT2D eigenvalue weighted by Gasteiger charge is 2.20. The summed E-state index contributed by atoms with van der Waals surface area (Å²) in [5.74, 6) is 0.564. The first kappa shape index (κ1) is 7.42. The van der Waals surface area contributed by atoms with E-state index in [1.54, 1.807) is 0 Å². The molecule has 0 spiro atoms. The van der Waals surface area contributed by atoms with Crippen LogP contribution in [-0.2, 0) is 6.42 Å². The minimum Gasteiger partial charge on any atom is -0.364 e. The zero-order chi connectivity index (χ0) is 8.55. The lowest BCUT2D eigenvalue weighted by molar-refractivity contribution is 0.585. The summed E-state index contributed by atoms with van der Waals surface area (Å²) in [6.07, 6.45) is 5.42. The van der Waals surface area contributed by atoms with Crippen molar-refractivity contribution in [2.24, 2.45) is 0 Å². The molecule has 1 aromatic rings. The molecule has 1 atom stereocenters. The summed E-state index contributed by atoms with van der Waals surface area (Å²) in [7, 11) is 0. The van der Waals surface area contributed by atoms with Crippen LogP contribution < -0.4 is 0 Å². The third-order valence-electron chi connectivity index (χ3n) is 2.68. The molecule has 0 fully saturated rings. The molecule has 1 N–H and O–H groups in total. The van der Waals surface area contributed by atoms with Gasteiger partial charge in [0.15, 0.2) is 0 Å². The van der Waals surface area contributed by atoms with Crippen LogP contribution in [0.2, 0.25) is 0 Å². The third-order valence-corrected chi connectivity index (χ3v) is 2.68. The Morgan fingerprint density at radius 2 is 2.50 bits per heavy atom. The highest BCUT2D eigenvalue weighted by molar-refractivity contribution is 5.43. The van der Waals surface area contributed by atoms with Gasteiger partial charge in [0.2, 0.25) is 0 Å². The van der Waals surface area contributed by atoms with E-state index in [-0.39, 0.29) is 0 Å². The maximum Gasteiger partial charge on any atom is 0.101 e. The van der Waals surface area contributed by atoms with E-state index >= 15 is 0 Å². The minimum absolute atomic E-state index is 0.564. The van der Waals surface area contributed by atoms with Crippen molar-refractivity contribution in [1.29, 1.82) is 5.26 Å². The van der Waals surface area contributed by atoms with Gasteiger partial charge in [0.05, 0.1) is 5.56 Å². The van der Waals surface area contributed by atoms with E-state index in [1.807, 2.05) is 6.20 Å². The number of nitrogens with zero attached hydrogens (tertiary/aromatic N) is 1. The molecule has 0 saturated heterocycles. The van der Waals surface area contributed by atoms with Gasteiger partial charge in [-0.05, 0) is 30.7 Å². The maximum absolute atomic E-state index is 8.83. The fourth-order valence-electron chi connectivity index (χ4n) is 2.07. The molecule has 1 heterocycles. The van der Waals surface area contributed by atoms with E-state index in [9.17, 15) is 0 Å². The van der Waals surface area contributed by atoms with E-state index in [0.29, 0.717) is 5.92 Å². The second-order valence-electron chi connectivity index (χ2n) is 3.50. The Bertz CT molecular complexity index is 330. The zero-order valence-corrected chi connectivity index (χ0v) is 7.22. The molecular weight excluding hydrogens is 148 g/mol. The fourth-order valence-corrected chi connectivity index (χ4v) is 2.07. The van der Waals surface area contributed by atoms with Crippen LogP contribution in [0.5, 0.6) is 0 Å². The van der Waals surface area contributed by atoms with Crippen molar-refractivity contribution in [2.75, 3.05) is 0 Å². The molecular formula is C10H12N2. The lowest BCUT2D eigenvalue weighted by atomic mass is 9.86. The average molecular weight is 160 g/mol. The van der Waals surface area contributed by atoms with Crippen molar-refractivity contribution in [3.05, 3.63) is 23.0 Å².